The summed E-state index contributed by atoms with van der Waals surface area (Å²) in [6.07, 6.45) is 13.4. The molecule has 2 saturated carbocycles. The van der Waals surface area contributed by atoms with Crippen molar-refractivity contribution in [3.63, 3.8) is 0 Å². The van der Waals surface area contributed by atoms with Crippen LogP contribution in [-0.2, 0) is 0 Å². The van der Waals surface area contributed by atoms with Crippen LogP contribution in [0.1, 0.15) is 52.4 Å². The first-order chi connectivity index (χ1) is 10.6. The van der Waals surface area contributed by atoms with Gasteiger partial charge in [0, 0.05) is 11.5 Å². The van der Waals surface area contributed by atoms with Crippen molar-refractivity contribution in [1.82, 2.24) is 4.90 Å². The van der Waals surface area contributed by atoms with Gasteiger partial charge in [-0.25, -0.2) is 0 Å². The summed E-state index contributed by atoms with van der Waals surface area (Å²) in [6, 6.07) is 0.216. The Kier molecular flexibility index (Phi) is 4.21. The minimum absolute atomic E-state index is 0.0796. The monoisotopic (exact) mass is 303 g/mol. The minimum atomic E-state index is -0.582. The van der Waals surface area contributed by atoms with Crippen LogP contribution in [0.25, 0.3) is 0 Å². The number of likely N-dealkylation sites (N-methyl/N-ethyl adjacent to an activating group) is 1. The first kappa shape index (κ1) is 15.8. The summed E-state index contributed by atoms with van der Waals surface area (Å²) in [5.74, 6) is 0. The Morgan fingerprint density at radius 2 is 2.05 bits per heavy atom. The summed E-state index contributed by atoms with van der Waals surface area (Å²) in [4.78, 5) is 2.46. The van der Waals surface area contributed by atoms with Crippen LogP contribution >= 0.6 is 0 Å². The van der Waals surface area contributed by atoms with E-state index in [0.717, 1.165) is 51.5 Å². The predicted octanol–water partition coefficient (Wildman–Crippen LogP) is 3.72. The van der Waals surface area contributed by atoms with Gasteiger partial charge in [-0.3, -0.25) is 4.90 Å². The molecule has 3 unspecified atom stereocenters. The van der Waals surface area contributed by atoms with Gasteiger partial charge in [-0.05, 0) is 62.9 Å². The Hall–Kier alpha value is -1.06. The highest BCUT2D eigenvalue weighted by atomic mass is 16.3. The molecule has 1 saturated heterocycles. The van der Waals surface area contributed by atoms with Crippen LogP contribution in [0.2, 0.25) is 0 Å². The third-order valence-corrected chi connectivity index (χ3v) is 6.41. The molecule has 3 rings (SSSR count). The fourth-order valence-electron chi connectivity index (χ4n) is 5.48. The van der Waals surface area contributed by atoms with Crippen LogP contribution < -0.4 is 0 Å². The van der Waals surface area contributed by atoms with Crippen molar-refractivity contribution in [2.75, 3.05) is 13.1 Å². The molecule has 2 N–H and O–H groups in total. The van der Waals surface area contributed by atoms with E-state index >= 15 is 0 Å². The lowest BCUT2D eigenvalue weighted by Gasteiger charge is -2.64. The molecule has 122 valence electrons. The fraction of sp³-hybridized carbons (Fsp3) is 0.684. The molecule has 0 amide bonds. The molecule has 0 aromatic carbocycles. The number of rotatable bonds is 2. The molecular formula is C19H29NO2. The maximum Gasteiger partial charge on any atom is 0.0901 e. The topological polar surface area (TPSA) is 43.7 Å². The van der Waals surface area contributed by atoms with E-state index in [9.17, 15) is 5.11 Å². The highest BCUT2D eigenvalue weighted by Gasteiger charge is 2.63. The van der Waals surface area contributed by atoms with E-state index in [1.165, 1.54) is 17.6 Å². The van der Waals surface area contributed by atoms with Gasteiger partial charge in [-0.15, -0.1) is 0 Å². The summed E-state index contributed by atoms with van der Waals surface area (Å²) in [5.41, 5.74) is 1.97. The van der Waals surface area contributed by atoms with E-state index in [0.29, 0.717) is 0 Å². The third-order valence-electron chi connectivity index (χ3n) is 6.41. The fourth-order valence-corrected chi connectivity index (χ4v) is 5.48. The third kappa shape index (κ3) is 2.02. The molecule has 1 aliphatic heterocycles. The Morgan fingerprint density at radius 3 is 2.73 bits per heavy atom. The lowest BCUT2D eigenvalue weighted by atomic mass is 9.48. The van der Waals surface area contributed by atoms with Gasteiger partial charge < -0.3 is 10.2 Å². The summed E-state index contributed by atoms with van der Waals surface area (Å²) >= 11 is 0. The van der Waals surface area contributed by atoms with Gasteiger partial charge in [0.15, 0.2) is 0 Å². The smallest absolute Gasteiger partial charge is 0.0901 e. The second kappa shape index (κ2) is 5.86. The second-order valence-corrected chi connectivity index (χ2v) is 7.05. The van der Waals surface area contributed by atoms with E-state index in [1.54, 1.807) is 6.08 Å². The van der Waals surface area contributed by atoms with Crippen LogP contribution in [0.15, 0.2) is 35.6 Å². The zero-order chi connectivity index (χ0) is 15.8. The van der Waals surface area contributed by atoms with E-state index in [4.69, 9.17) is 5.11 Å². The van der Waals surface area contributed by atoms with Gasteiger partial charge >= 0.3 is 0 Å². The van der Waals surface area contributed by atoms with Crippen molar-refractivity contribution in [2.24, 2.45) is 5.41 Å². The molecule has 1 heterocycles. The van der Waals surface area contributed by atoms with Crippen LogP contribution in [0.3, 0.4) is 0 Å². The average Bonchev–Trinajstić information content (AvgIpc) is 2.52. The molecule has 2 bridgehead atoms. The minimum Gasteiger partial charge on any atom is -0.516 e. The molecule has 3 heteroatoms. The summed E-state index contributed by atoms with van der Waals surface area (Å²) in [5, 5.41) is 20.8. The van der Waals surface area contributed by atoms with Gasteiger partial charge in [0.1, 0.15) is 0 Å². The SMILES string of the molecule is C\C=C1/C(=C\C=C\O)CC2N(CC)CCC13CCCCC23O. The van der Waals surface area contributed by atoms with Crippen molar-refractivity contribution in [2.45, 2.75) is 64.0 Å². The molecule has 22 heavy (non-hydrogen) atoms. The standard InChI is InChI=1S/C19H29NO2/c1-3-16-15(8-7-13-21)14-17-19(22)10-6-5-9-18(16,19)11-12-20(17)4-2/h3,7-8,13,17,21-22H,4-6,9-12,14H2,1-2H3/b13-7+,15-8-,16-3+. The number of piperidine rings is 1. The maximum absolute atomic E-state index is 11.7. The molecule has 3 nitrogen and oxygen atoms in total. The molecular weight excluding hydrogens is 274 g/mol. The highest BCUT2D eigenvalue weighted by molar-refractivity contribution is 5.47. The van der Waals surface area contributed by atoms with Crippen molar-refractivity contribution >= 4 is 0 Å². The van der Waals surface area contributed by atoms with Crippen molar-refractivity contribution in [1.29, 1.82) is 0 Å². The highest BCUT2D eigenvalue weighted by Crippen LogP contribution is 2.62. The van der Waals surface area contributed by atoms with Gasteiger partial charge in [-0.2, -0.15) is 0 Å². The van der Waals surface area contributed by atoms with Gasteiger partial charge in [-0.1, -0.05) is 31.9 Å². The zero-order valence-corrected chi connectivity index (χ0v) is 13.9. The molecule has 2 aliphatic carbocycles. The largest absolute Gasteiger partial charge is 0.516 e. The normalized spacial score (nSPS) is 43.0. The number of allylic oxidation sites excluding steroid dienone is 3. The number of nitrogens with zero attached hydrogens (tertiary/aromatic N) is 1. The lowest BCUT2D eigenvalue weighted by Crippen LogP contribution is -2.70. The quantitative estimate of drug-likeness (QED) is 0.764. The molecule has 0 spiro atoms. The first-order valence-electron chi connectivity index (χ1n) is 8.76. The van der Waals surface area contributed by atoms with E-state index in [1.807, 2.05) is 6.08 Å². The maximum atomic E-state index is 11.7. The molecule has 0 radical (unpaired) electrons. The molecule has 3 atom stereocenters. The van der Waals surface area contributed by atoms with Gasteiger partial charge in [0.2, 0.25) is 0 Å². The average molecular weight is 303 g/mol. The van der Waals surface area contributed by atoms with Crippen LogP contribution in [0.5, 0.6) is 0 Å². The van der Waals surface area contributed by atoms with Crippen LogP contribution in [-0.4, -0.2) is 39.8 Å². The van der Waals surface area contributed by atoms with Crippen LogP contribution in [0, 0.1) is 5.41 Å². The number of hydrogen-bond acceptors (Lipinski definition) is 3. The number of aliphatic hydroxyl groups excluding tert-OH is 1. The Morgan fingerprint density at radius 1 is 1.27 bits per heavy atom. The molecule has 0 aromatic rings. The van der Waals surface area contributed by atoms with Crippen molar-refractivity contribution in [3.8, 4) is 0 Å². The van der Waals surface area contributed by atoms with Crippen molar-refractivity contribution in [3.05, 3.63) is 35.6 Å². The Bertz CT molecular complexity index is 522. The molecule has 3 aliphatic rings. The lowest BCUT2D eigenvalue weighted by molar-refractivity contribution is -0.185. The molecule has 0 aromatic heterocycles. The van der Waals surface area contributed by atoms with Crippen LogP contribution in [0.4, 0.5) is 0 Å². The number of aliphatic hydroxyl groups is 2. The molecule has 3 fully saturated rings. The predicted molar refractivity (Wildman–Crippen MR) is 89.7 cm³/mol. The zero-order valence-electron chi connectivity index (χ0n) is 13.9. The van der Waals surface area contributed by atoms with Gasteiger partial charge in [0.25, 0.3) is 0 Å². The summed E-state index contributed by atoms with van der Waals surface area (Å²) in [7, 11) is 0. The summed E-state index contributed by atoms with van der Waals surface area (Å²) < 4.78 is 0. The summed E-state index contributed by atoms with van der Waals surface area (Å²) in [6.45, 7) is 6.38. The van der Waals surface area contributed by atoms with Crippen molar-refractivity contribution < 1.29 is 10.2 Å². The Labute approximate surface area is 134 Å². The van der Waals surface area contributed by atoms with Gasteiger partial charge in [0.05, 0.1) is 11.9 Å². The first-order valence-corrected chi connectivity index (χ1v) is 8.76. The van der Waals surface area contributed by atoms with E-state index in [2.05, 4.69) is 24.8 Å². The Balaban J connectivity index is 2.12. The number of hydrogen-bond donors (Lipinski definition) is 2. The van der Waals surface area contributed by atoms with E-state index in [-0.39, 0.29) is 11.5 Å². The van der Waals surface area contributed by atoms with E-state index < -0.39 is 5.60 Å². The number of likely N-dealkylation sites (tertiary alicyclic amines) is 1. The second-order valence-electron chi connectivity index (χ2n) is 7.05.